The number of rotatable bonds is 13. The van der Waals surface area contributed by atoms with E-state index in [-0.39, 0.29) is 5.54 Å². The lowest BCUT2D eigenvalue weighted by Gasteiger charge is -2.36. The van der Waals surface area contributed by atoms with Gasteiger partial charge in [0.15, 0.2) is 0 Å². The normalized spacial score (nSPS) is 17.2. The van der Waals surface area contributed by atoms with Gasteiger partial charge in [-0.2, -0.15) is 0 Å². The molecule has 0 bridgehead atoms. The van der Waals surface area contributed by atoms with E-state index in [1.54, 1.807) is 0 Å². The molecule has 0 saturated heterocycles. The Morgan fingerprint density at radius 3 is 1.72 bits per heavy atom. The van der Waals surface area contributed by atoms with E-state index in [0.29, 0.717) is 17.9 Å². The molecule has 1 aliphatic heterocycles. The first kappa shape index (κ1) is 22.5. The lowest BCUT2D eigenvalue weighted by atomic mass is 9.77. The zero-order chi connectivity index (χ0) is 18.9. The van der Waals surface area contributed by atoms with Crippen molar-refractivity contribution < 1.29 is 0 Å². The zero-order valence-electron chi connectivity index (χ0n) is 18.4. The molecule has 0 fully saturated rings. The van der Waals surface area contributed by atoms with Crippen LogP contribution in [0.25, 0.3) is 0 Å². The van der Waals surface area contributed by atoms with E-state index in [9.17, 15) is 0 Å². The van der Waals surface area contributed by atoms with Gasteiger partial charge in [0.1, 0.15) is 0 Å². The van der Waals surface area contributed by atoms with Gasteiger partial charge in [0, 0.05) is 19.0 Å². The monoisotopic (exact) mass is 350 g/mol. The molecule has 2 heteroatoms. The third-order valence-electron chi connectivity index (χ3n) is 6.22. The standard InChI is InChI=1S/C23H46N2/c1-8-9-10-11-12-13-14-15-16-17-22-24-23(19(2)3,20(4)5)18-25(22)21(6)7/h19-21H,8-18H2,1-7H3. The molecule has 25 heavy (non-hydrogen) atoms. The third kappa shape index (κ3) is 6.61. The topological polar surface area (TPSA) is 15.6 Å². The van der Waals surface area contributed by atoms with Crippen LogP contribution >= 0.6 is 0 Å². The highest BCUT2D eigenvalue weighted by atomic mass is 15.3. The molecule has 0 radical (unpaired) electrons. The van der Waals surface area contributed by atoms with Crippen molar-refractivity contribution in [3.8, 4) is 0 Å². The van der Waals surface area contributed by atoms with E-state index < -0.39 is 0 Å². The van der Waals surface area contributed by atoms with Gasteiger partial charge < -0.3 is 4.90 Å². The van der Waals surface area contributed by atoms with Gasteiger partial charge in [-0.05, 0) is 32.1 Å². The Labute approximate surface area is 158 Å². The lowest BCUT2D eigenvalue weighted by Crippen LogP contribution is -2.46. The second-order valence-corrected chi connectivity index (χ2v) is 9.13. The van der Waals surface area contributed by atoms with E-state index in [0.717, 1.165) is 6.54 Å². The number of hydrogen-bond acceptors (Lipinski definition) is 2. The SMILES string of the molecule is CCCCCCCCCCCC1=NC(C(C)C)(C(C)C)CN1C(C)C. The summed E-state index contributed by atoms with van der Waals surface area (Å²) in [7, 11) is 0. The second-order valence-electron chi connectivity index (χ2n) is 9.13. The molecule has 148 valence electrons. The molecular formula is C23H46N2. The van der Waals surface area contributed by atoms with Crippen molar-refractivity contribution in [2.45, 2.75) is 124 Å². The van der Waals surface area contributed by atoms with Crippen LogP contribution in [-0.2, 0) is 0 Å². The Balaban J connectivity index is 2.43. The molecule has 0 amide bonds. The summed E-state index contributed by atoms with van der Waals surface area (Å²) in [6, 6.07) is 0.566. The Morgan fingerprint density at radius 1 is 0.800 bits per heavy atom. The zero-order valence-corrected chi connectivity index (χ0v) is 18.4. The highest BCUT2D eigenvalue weighted by Gasteiger charge is 2.44. The summed E-state index contributed by atoms with van der Waals surface area (Å²) in [6.45, 7) is 17.5. The lowest BCUT2D eigenvalue weighted by molar-refractivity contribution is 0.190. The highest BCUT2D eigenvalue weighted by Crippen LogP contribution is 2.37. The molecule has 1 heterocycles. The number of nitrogens with zero attached hydrogens (tertiary/aromatic N) is 2. The summed E-state index contributed by atoms with van der Waals surface area (Å²) in [5.74, 6) is 2.60. The second kappa shape index (κ2) is 11.2. The van der Waals surface area contributed by atoms with E-state index >= 15 is 0 Å². The molecule has 0 spiro atoms. The van der Waals surface area contributed by atoms with E-state index in [1.165, 1.54) is 70.0 Å². The largest absolute Gasteiger partial charge is 0.355 e. The Hall–Kier alpha value is -0.530. The number of hydrogen-bond donors (Lipinski definition) is 0. The van der Waals surface area contributed by atoms with Crippen LogP contribution in [0.1, 0.15) is 113 Å². The summed E-state index contributed by atoms with van der Waals surface area (Å²) in [6.07, 6.45) is 13.8. The first-order valence-electron chi connectivity index (χ1n) is 11.2. The van der Waals surface area contributed by atoms with Gasteiger partial charge in [-0.15, -0.1) is 0 Å². The summed E-state index contributed by atoms with van der Waals surface area (Å²) < 4.78 is 0. The number of unbranched alkanes of at least 4 members (excludes halogenated alkanes) is 8. The molecule has 0 aromatic carbocycles. The Morgan fingerprint density at radius 2 is 1.28 bits per heavy atom. The molecule has 0 saturated carbocycles. The molecule has 1 aliphatic rings. The van der Waals surface area contributed by atoms with E-state index in [1.807, 2.05) is 0 Å². The predicted octanol–water partition coefficient (Wildman–Crippen LogP) is 7.08. The third-order valence-corrected chi connectivity index (χ3v) is 6.22. The maximum Gasteiger partial charge on any atom is 0.1000 e. The molecule has 0 aromatic heterocycles. The minimum atomic E-state index is 0.124. The van der Waals surface area contributed by atoms with Crippen LogP contribution in [0.4, 0.5) is 0 Å². The first-order chi connectivity index (χ1) is 11.8. The van der Waals surface area contributed by atoms with Gasteiger partial charge in [-0.25, -0.2) is 0 Å². The molecular weight excluding hydrogens is 304 g/mol. The maximum atomic E-state index is 5.33. The smallest absolute Gasteiger partial charge is 0.1000 e. The number of aliphatic imine (C=N–C) groups is 1. The predicted molar refractivity (Wildman–Crippen MR) is 114 cm³/mol. The molecule has 0 unspecified atom stereocenters. The van der Waals surface area contributed by atoms with Crippen molar-refractivity contribution in [3.05, 3.63) is 0 Å². The average molecular weight is 351 g/mol. The van der Waals surface area contributed by atoms with Crippen molar-refractivity contribution in [1.29, 1.82) is 0 Å². The molecule has 2 nitrogen and oxygen atoms in total. The number of amidine groups is 1. The van der Waals surface area contributed by atoms with Crippen molar-refractivity contribution in [3.63, 3.8) is 0 Å². The van der Waals surface area contributed by atoms with Crippen LogP contribution in [0.5, 0.6) is 0 Å². The summed E-state index contributed by atoms with van der Waals surface area (Å²) in [5, 5.41) is 0. The molecule has 0 aliphatic carbocycles. The van der Waals surface area contributed by atoms with Gasteiger partial charge in [-0.3, -0.25) is 4.99 Å². The molecule has 0 atom stereocenters. The van der Waals surface area contributed by atoms with E-state index in [2.05, 4.69) is 53.4 Å². The van der Waals surface area contributed by atoms with Crippen LogP contribution in [-0.4, -0.2) is 28.9 Å². The molecule has 0 N–H and O–H groups in total. The minimum absolute atomic E-state index is 0.124. The van der Waals surface area contributed by atoms with E-state index in [4.69, 9.17) is 4.99 Å². The van der Waals surface area contributed by atoms with Gasteiger partial charge in [0.25, 0.3) is 0 Å². The van der Waals surface area contributed by atoms with Crippen LogP contribution < -0.4 is 0 Å². The van der Waals surface area contributed by atoms with Crippen LogP contribution in [0, 0.1) is 11.8 Å². The first-order valence-corrected chi connectivity index (χ1v) is 11.2. The van der Waals surface area contributed by atoms with Crippen molar-refractivity contribution in [1.82, 2.24) is 4.90 Å². The fraction of sp³-hybridized carbons (Fsp3) is 0.957. The van der Waals surface area contributed by atoms with Crippen molar-refractivity contribution in [2.24, 2.45) is 16.8 Å². The van der Waals surface area contributed by atoms with Crippen LogP contribution in [0.2, 0.25) is 0 Å². The fourth-order valence-electron chi connectivity index (χ4n) is 4.27. The van der Waals surface area contributed by atoms with Crippen LogP contribution in [0.3, 0.4) is 0 Å². The molecule has 0 aromatic rings. The highest BCUT2D eigenvalue weighted by molar-refractivity contribution is 5.85. The summed E-state index contributed by atoms with van der Waals surface area (Å²) >= 11 is 0. The summed E-state index contributed by atoms with van der Waals surface area (Å²) in [5.41, 5.74) is 0.124. The molecule has 1 rings (SSSR count). The van der Waals surface area contributed by atoms with Gasteiger partial charge in [-0.1, -0.05) is 86.0 Å². The van der Waals surface area contributed by atoms with Gasteiger partial charge in [0.05, 0.1) is 11.4 Å². The van der Waals surface area contributed by atoms with Gasteiger partial charge >= 0.3 is 0 Å². The minimum Gasteiger partial charge on any atom is -0.355 e. The average Bonchev–Trinajstić information content (AvgIpc) is 2.95. The quantitative estimate of drug-likeness (QED) is 0.324. The summed E-state index contributed by atoms with van der Waals surface area (Å²) in [4.78, 5) is 7.92. The van der Waals surface area contributed by atoms with Gasteiger partial charge in [0.2, 0.25) is 0 Å². The van der Waals surface area contributed by atoms with Crippen molar-refractivity contribution in [2.75, 3.05) is 6.54 Å². The Bertz CT molecular complexity index is 374. The van der Waals surface area contributed by atoms with Crippen molar-refractivity contribution >= 4 is 5.84 Å². The maximum absolute atomic E-state index is 5.33. The Kier molecular flexibility index (Phi) is 10.1. The fourth-order valence-corrected chi connectivity index (χ4v) is 4.27. The van der Waals surface area contributed by atoms with Crippen LogP contribution in [0.15, 0.2) is 4.99 Å².